The van der Waals surface area contributed by atoms with Crippen molar-refractivity contribution >= 4 is 0 Å². The fraction of sp³-hybridized carbons (Fsp3) is 1.00. The second-order valence-corrected chi connectivity index (χ2v) is 3.07. The van der Waals surface area contributed by atoms with Gasteiger partial charge in [-0.2, -0.15) is 5.06 Å². The summed E-state index contributed by atoms with van der Waals surface area (Å²) < 4.78 is 5.13. The molecule has 1 N–H and O–H groups in total. The molecule has 3 heteroatoms. The van der Waals surface area contributed by atoms with Crippen LogP contribution in [0.15, 0.2) is 0 Å². The molecule has 0 amide bonds. The highest BCUT2D eigenvalue weighted by Gasteiger charge is 2.22. The maximum absolute atomic E-state index is 9.13. The number of rotatable bonds is 1. The Kier molecular flexibility index (Phi) is 2.65. The smallest absolute Gasteiger partial charge is 0.0724 e. The molecule has 1 rings (SSSR count). The zero-order chi connectivity index (χ0) is 7.56. The zero-order valence-electron chi connectivity index (χ0n) is 6.58. The predicted molar refractivity (Wildman–Crippen MR) is 37.9 cm³/mol. The number of piperidine rings is 1. The van der Waals surface area contributed by atoms with Crippen LogP contribution in [-0.2, 0) is 4.74 Å². The van der Waals surface area contributed by atoms with E-state index in [1.165, 1.54) is 5.06 Å². The number of ether oxygens (including phenoxy) is 1. The molecule has 1 fully saturated rings. The van der Waals surface area contributed by atoms with Crippen molar-refractivity contribution in [2.75, 3.05) is 20.2 Å². The Morgan fingerprint density at radius 2 is 2.20 bits per heavy atom. The topological polar surface area (TPSA) is 32.7 Å². The third kappa shape index (κ3) is 1.94. The van der Waals surface area contributed by atoms with Gasteiger partial charge >= 0.3 is 0 Å². The molecule has 1 saturated heterocycles. The molecule has 0 aromatic carbocycles. The van der Waals surface area contributed by atoms with Crippen LogP contribution in [0.2, 0.25) is 0 Å². The van der Waals surface area contributed by atoms with Gasteiger partial charge in [0.15, 0.2) is 0 Å². The number of hydrogen-bond donors (Lipinski definition) is 1. The first kappa shape index (κ1) is 7.98. The summed E-state index contributed by atoms with van der Waals surface area (Å²) >= 11 is 0. The average Bonchev–Trinajstić information content (AvgIpc) is 1.85. The summed E-state index contributed by atoms with van der Waals surface area (Å²) in [6.07, 6.45) is 1.28. The van der Waals surface area contributed by atoms with E-state index in [2.05, 4.69) is 6.92 Å². The van der Waals surface area contributed by atoms with Crippen molar-refractivity contribution in [2.45, 2.75) is 19.4 Å². The van der Waals surface area contributed by atoms with Crippen LogP contribution in [0.25, 0.3) is 0 Å². The van der Waals surface area contributed by atoms with Gasteiger partial charge in [0, 0.05) is 13.7 Å². The van der Waals surface area contributed by atoms with Crippen LogP contribution in [0.5, 0.6) is 0 Å². The van der Waals surface area contributed by atoms with Crippen LogP contribution in [0.3, 0.4) is 0 Å². The second kappa shape index (κ2) is 3.32. The van der Waals surface area contributed by atoms with Gasteiger partial charge in [0.2, 0.25) is 0 Å². The zero-order valence-corrected chi connectivity index (χ0v) is 6.58. The molecule has 0 radical (unpaired) electrons. The molecule has 10 heavy (non-hydrogen) atoms. The lowest BCUT2D eigenvalue weighted by atomic mass is 9.99. The van der Waals surface area contributed by atoms with E-state index in [4.69, 9.17) is 9.94 Å². The molecule has 0 aromatic rings. The van der Waals surface area contributed by atoms with Crippen LogP contribution in [0.1, 0.15) is 13.3 Å². The van der Waals surface area contributed by atoms with Gasteiger partial charge in [0.25, 0.3) is 0 Å². The summed E-state index contributed by atoms with van der Waals surface area (Å²) in [5.41, 5.74) is 0. The number of hydroxylamine groups is 2. The van der Waals surface area contributed by atoms with E-state index in [0.717, 1.165) is 13.0 Å². The maximum atomic E-state index is 9.13. The summed E-state index contributed by atoms with van der Waals surface area (Å²) in [6, 6.07) is 0. The minimum Gasteiger partial charge on any atom is -0.380 e. The third-order valence-corrected chi connectivity index (χ3v) is 1.94. The van der Waals surface area contributed by atoms with E-state index in [1.54, 1.807) is 7.11 Å². The highest BCUT2D eigenvalue weighted by Crippen LogP contribution is 2.16. The lowest BCUT2D eigenvalue weighted by molar-refractivity contribution is -0.150. The molecule has 0 aliphatic carbocycles. The Bertz CT molecular complexity index is 97.8. The van der Waals surface area contributed by atoms with Crippen molar-refractivity contribution in [3.8, 4) is 0 Å². The monoisotopic (exact) mass is 145 g/mol. The third-order valence-electron chi connectivity index (χ3n) is 1.94. The number of hydrogen-bond acceptors (Lipinski definition) is 3. The minimum atomic E-state index is 0.216. The molecular formula is C7H15NO2. The number of nitrogens with zero attached hydrogens (tertiary/aromatic N) is 1. The quantitative estimate of drug-likeness (QED) is 0.590. The van der Waals surface area contributed by atoms with E-state index in [1.807, 2.05) is 0 Å². The molecule has 60 valence electrons. The summed E-state index contributed by atoms with van der Waals surface area (Å²) in [5, 5.41) is 10.5. The Morgan fingerprint density at radius 1 is 1.50 bits per heavy atom. The van der Waals surface area contributed by atoms with Gasteiger partial charge in [0.05, 0.1) is 12.6 Å². The van der Waals surface area contributed by atoms with Gasteiger partial charge in [0.1, 0.15) is 0 Å². The predicted octanol–water partition coefficient (Wildman–Crippen LogP) is 0.732. The highest BCUT2D eigenvalue weighted by atomic mass is 16.5. The SMILES string of the molecule is CO[C@@H]1CC(C)CN(O)C1. The van der Waals surface area contributed by atoms with Gasteiger partial charge < -0.3 is 9.94 Å². The summed E-state index contributed by atoms with van der Waals surface area (Å²) in [4.78, 5) is 0. The number of methoxy groups -OCH3 is 1. The molecule has 1 heterocycles. The largest absolute Gasteiger partial charge is 0.380 e. The van der Waals surface area contributed by atoms with Crippen LogP contribution in [-0.4, -0.2) is 36.6 Å². The van der Waals surface area contributed by atoms with Crippen LogP contribution < -0.4 is 0 Å². The molecule has 1 aliphatic rings. The Labute approximate surface area is 61.5 Å². The maximum Gasteiger partial charge on any atom is 0.0724 e. The van der Waals surface area contributed by atoms with Crippen molar-refractivity contribution in [3.63, 3.8) is 0 Å². The molecule has 0 saturated carbocycles. The normalized spacial score (nSPS) is 36.3. The van der Waals surface area contributed by atoms with Gasteiger partial charge in [-0.3, -0.25) is 0 Å². The summed E-state index contributed by atoms with van der Waals surface area (Å²) in [5.74, 6) is 0.545. The van der Waals surface area contributed by atoms with Crippen LogP contribution in [0.4, 0.5) is 0 Å². The van der Waals surface area contributed by atoms with Crippen LogP contribution in [0, 0.1) is 5.92 Å². The fourth-order valence-corrected chi connectivity index (χ4v) is 1.44. The standard InChI is InChI=1S/C7H15NO2/c1-6-3-7(10-2)5-8(9)4-6/h6-7,9H,3-5H2,1-2H3/t6?,7-/m1/s1. The van der Waals surface area contributed by atoms with E-state index in [9.17, 15) is 0 Å². The molecule has 0 aromatic heterocycles. The molecule has 3 nitrogen and oxygen atoms in total. The Hall–Kier alpha value is -0.120. The Balaban J connectivity index is 2.35. The second-order valence-electron chi connectivity index (χ2n) is 3.07. The fourth-order valence-electron chi connectivity index (χ4n) is 1.44. The van der Waals surface area contributed by atoms with Crippen molar-refractivity contribution in [1.29, 1.82) is 0 Å². The van der Waals surface area contributed by atoms with Crippen molar-refractivity contribution in [1.82, 2.24) is 5.06 Å². The molecule has 0 spiro atoms. The van der Waals surface area contributed by atoms with E-state index >= 15 is 0 Å². The summed E-state index contributed by atoms with van der Waals surface area (Å²) in [6.45, 7) is 3.55. The van der Waals surface area contributed by atoms with E-state index in [-0.39, 0.29) is 6.10 Å². The van der Waals surface area contributed by atoms with Gasteiger partial charge in [-0.25, -0.2) is 0 Å². The lowest BCUT2D eigenvalue weighted by Crippen LogP contribution is -2.40. The lowest BCUT2D eigenvalue weighted by Gasteiger charge is -2.31. The summed E-state index contributed by atoms with van der Waals surface area (Å²) in [7, 11) is 1.69. The van der Waals surface area contributed by atoms with E-state index in [0.29, 0.717) is 12.5 Å². The van der Waals surface area contributed by atoms with E-state index < -0.39 is 0 Å². The highest BCUT2D eigenvalue weighted by molar-refractivity contribution is 4.72. The molecular weight excluding hydrogens is 130 g/mol. The minimum absolute atomic E-state index is 0.216. The molecule has 2 atom stereocenters. The van der Waals surface area contributed by atoms with Crippen molar-refractivity contribution in [2.24, 2.45) is 5.92 Å². The van der Waals surface area contributed by atoms with Gasteiger partial charge in [-0.05, 0) is 12.3 Å². The first-order valence-electron chi connectivity index (χ1n) is 3.69. The Morgan fingerprint density at radius 3 is 2.70 bits per heavy atom. The molecule has 0 bridgehead atoms. The molecule has 1 unspecified atom stereocenters. The average molecular weight is 145 g/mol. The van der Waals surface area contributed by atoms with Crippen molar-refractivity contribution < 1.29 is 9.94 Å². The van der Waals surface area contributed by atoms with Gasteiger partial charge in [-0.1, -0.05) is 6.92 Å². The molecule has 1 aliphatic heterocycles. The van der Waals surface area contributed by atoms with Crippen LogP contribution >= 0.6 is 0 Å². The first-order chi connectivity index (χ1) is 4.72. The first-order valence-corrected chi connectivity index (χ1v) is 3.69. The van der Waals surface area contributed by atoms with Crippen molar-refractivity contribution in [3.05, 3.63) is 0 Å². The van der Waals surface area contributed by atoms with Gasteiger partial charge in [-0.15, -0.1) is 0 Å².